The summed E-state index contributed by atoms with van der Waals surface area (Å²) in [4.78, 5) is 11.5. The van der Waals surface area contributed by atoms with Crippen LogP contribution in [0.15, 0.2) is 12.2 Å². The molecule has 3 N–H and O–H groups in total. The number of carbonyl (C=O) groups excluding carboxylic acids is 1. The first-order chi connectivity index (χ1) is 7.26. The first kappa shape index (κ1) is 12.0. The summed E-state index contributed by atoms with van der Waals surface area (Å²) in [5.74, 6) is 0. The highest BCUT2D eigenvalue weighted by Gasteiger charge is 2.14. The number of allylic oxidation sites excluding steroid dienone is 1. The molecule has 15 heavy (non-hydrogen) atoms. The maximum Gasteiger partial charge on any atom is 0.315 e. The van der Waals surface area contributed by atoms with Crippen LogP contribution in [-0.2, 0) is 0 Å². The second-order valence-electron chi connectivity index (χ2n) is 3.89. The van der Waals surface area contributed by atoms with Gasteiger partial charge >= 0.3 is 6.03 Å². The molecule has 0 aromatic carbocycles. The maximum absolute atomic E-state index is 11.5. The normalized spacial score (nSPS) is 22.1. The highest BCUT2D eigenvalue weighted by molar-refractivity contribution is 5.74. The van der Waals surface area contributed by atoms with Gasteiger partial charge in [-0.1, -0.05) is 19.1 Å². The van der Waals surface area contributed by atoms with Crippen molar-refractivity contribution in [3.63, 3.8) is 0 Å². The summed E-state index contributed by atoms with van der Waals surface area (Å²) in [5.41, 5.74) is 0. The molecule has 0 aromatic heterocycles. The Bertz CT molecular complexity index is 225. The number of amides is 2. The van der Waals surface area contributed by atoms with E-state index >= 15 is 0 Å². The van der Waals surface area contributed by atoms with Crippen LogP contribution < -0.4 is 10.6 Å². The van der Waals surface area contributed by atoms with Crippen molar-refractivity contribution in [3.05, 3.63) is 12.2 Å². The Morgan fingerprint density at radius 1 is 1.60 bits per heavy atom. The minimum atomic E-state index is -0.170. The third-order valence-corrected chi connectivity index (χ3v) is 2.65. The quantitative estimate of drug-likeness (QED) is 0.612. The summed E-state index contributed by atoms with van der Waals surface area (Å²) >= 11 is 0. The smallest absolute Gasteiger partial charge is 0.315 e. The first-order valence-electron chi connectivity index (χ1n) is 5.59. The molecule has 86 valence electrons. The van der Waals surface area contributed by atoms with Gasteiger partial charge in [0.15, 0.2) is 0 Å². The van der Waals surface area contributed by atoms with Gasteiger partial charge in [0.1, 0.15) is 0 Å². The van der Waals surface area contributed by atoms with Crippen molar-refractivity contribution >= 4 is 6.03 Å². The van der Waals surface area contributed by atoms with Crippen LogP contribution >= 0.6 is 0 Å². The van der Waals surface area contributed by atoms with Crippen LogP contribution in [-0.4, -0.2) is 29.8 Å². The van der Waals surface area contributed by atoms with Gasteiger partial charge in [-0.3, -0.25) is 0 Å². The molecule has 2 atom stereocenters. The van der Waals surface area contributed by atoms with Crippen molar-refractivity contribution in [2.24, 2.45) is 0 Å². The molecule has 1 rings (SSSR count). The summed E-state index contributed by atoms with van der Waals surface area (Å²) in [5, 5.41) is 14.6. The van der Waals surface area contributed by atoms with Crippen LogP contribution in [0.3, 0.4) is 0 Å². The lowest BCUT2D eigenvalue weighted by atomic mass is 10.0. The van der Waals surface area contributed by atoms with E-state index in [1.807, 2.05) is 6.92 Å². The molecule has 0 saturated carbocycles. The molecule has 4 heteroatoms. The molecule has 4 nitrogen and oxygen atoms in total. The van der Waals surface area contributed by atoms with Crippen LogP contribution in [0.4, 0.5) is 4.79 Å². The zero-order valence-electron chi connectivity index (χ0n) is 9.20. The van der Waals surface area contributed by atoms with E-state index in [0.29, 0.717) is 0 Å². The van der Waals surface area contributed by atoms with Crippen LogP contribution in [0.2, 0.25) is 0 Å². The Kier molecular flexibility index (Phi) is 5.18. The predicted molar refractivity (Wildman–Crippen MR) is 59.6 cm³/mol. The minimum Gasteiger partial charge on any atom is -0.394 e. The fourth-order valence-electron chi connectivity index (χ4n) is 1.61. The molecule has 1 aliphatic carbocycles. The van der Waals surface area contributed by atoms with E-state index in [1.165, 1.54) is 0 Å². The summed E-state index contributed by atoms with van der Waals surface area (Å²) in [7, 11) is 0. The summed E-state index contributed by atoms with van der Waals surface area (Å²) < 4.78 is 0. The third kappa shape index (κ3) is 4.34. The van der Waals surface area contributed by atoms with Crippen molar-refractivity contribution in [2.45, 2.75) is 44.7 Å². The van der Waals surface area contributed by atoms with Gasteiger partial charge in [0.2, 0.25) is 0 Å². The number of hydrogen-bond acceptors (Lipinski definition) is 2. The van der Waals surface area contributed by atoms with E-state index in [1.54, 1.807) is 0 Å². The van der Waals surface area contributed by atoms with Crippen molar-refractivity contribution < 1.29 is 9.90 Å². The lowest BCUT2D eigenvalue weighted by molar-refractivity contribution is 0.211. The molecule has 0 bridgehead atoms. The van der Waals surface area contributed by atoms with Crippen molar-refractivity contribution in [2.75, 3.05) is 6.61 Å². The molecule has 0 heterocycles. The average molecular weight is 212 g/mol. The van der Waals surface area contributed by atoms with Gasteiger partial charge in [0, 0.05) is 6.04 Å². The second-order valence-corrected chi connectivity index (χ2v) is 3.89. The molecule has 0 spiro atoms. The third-order valence-electron chi connectivity index (χ3n) is 2.65. The first-order valence-corrected chi connectivity index (χ1v) is 5.59. The Morgan fingerprint density at radius 2 is 2.40 bits per heavy atom. The lowest BCUT2D eigenvalue weighted by Gasteiger charge is -2.21. The number of urea groups is 1. The molecule has 0 fully saturated rings. The van der Waals surface area contributed by atoms with E-state index in [9.17, 15) is 4.79 Å². The van der Waals surface area contributed by atoms with E-state index in [2.05, 4.69) is 22.8 Å². The van der Waals surface area contributed by atoms with Crippen LogP contribution in [0.5, 0.6) is 0 Å². The minimum absolute atomic E-state index is 0.00547. The monoisotopic (exact) mass is 212 g/mol. The fourth-order valence-corrected chi connectivity index (χ4v) is 1.61. The number of carbonyl (C=O) groups is 1. The van der Waals surface area contributed by atoms with Gasteiger partial charge in [-0.05, 0) is 25.7 Å². The van der Waals surface area contributed by atoms with E-state index in [4.69, 9.17) is 5.11 Å². The molecule has 1 aliphatic rings. The molecule has 0 aromatic rings. The Balaban J connectivity index is 2.25. The maximum atomic E-state index is 11.5. The van der Waals surface area contributed by atoms with Crippen LogP contribution in [0.1, 0.15) is 32.6 Å². The van der Waals surface area contributed by atoms with Gasteiger partial charge in [-0.15, -0.1) is 0 Å². The van der Waals surface area contributed by atoms with Gasteiger partial charge in [0.05, 0.1) is 12.6 Å². The SMILES string of the molecule is CCC(CO)NC(=O)NC1CC=CCC1. The molecule has 2 amide bonds. The Labute approximate surface area is 90.7 Å². The van der Waals surface area contributed by atoms with Gasteiger partial charge in [-0.25, -0.2) is 4.79 Å². The highest BCUT2D eigenvalue weighted by atomic mass is 16.3. The summed E-state index contributed by atoms with van der Waals surface area (Å²) in [6.45, 7) is 1.93. The molecule has 0 aliphatic heterocycles. The average Bonchev–Trinajstić information content (AvgIpc) is 2.27. The largest absolute Gasteiger partial charge is 0.394 e. The van der Waals surface area contributed by atoms with E-state index in [0.717, 1.165) is 25.7 Å². The number of hydrogen-bond donors (Lipinski definition) is 3. The van der Waals surface area contributed by atoms with E-state index in [-0.39, 0.29) is 24.7 Å². The molecule has 2 unspecified atom stereocenters. The van der Waals surface area contributed by atoms with Crippen molar-refractivity contribution in [3.8, 4) is 0 Å². The molecule has 0 radical (unpaired) electrons. The van der Waals surface area contributed by atoms with Gasteiger partial charge < -0.3 is 15.7 Å². The Hall–Kier alpha value is -1.03. The van der Waals surface area contributed by atoms with E-state index < -0.39 is 0 Å². The topological polar surface area (TPSA) is 61.4 Å². The lowest BCUT2D eigenvalue weighted by Crippen LogP contribution is -2.47. The van der Waals surface area contributed by atoms with Crippen LogP contribution in [0, 0.1) is 0 Å². The van der Waals surface area contributed by atoms with Gasteiger partial charge in [-0.2, -0.15) is 0 Å². The van der Waals surface area contributed by atoms with Crippen molar-refractivity contribution in [1.29, 1.82) is 0 Å². The molecular weight excluding hydrogens is 192 g/mol. The number of aliphatic hydroxyl groups excluding tert-OH is 1. The number of rotatable bonds is 4. The Morgan fingerprint density at radius 3 is 2.93 bits per heavy atom. The number of aliphatic hydroxyl groups is 1. The van der Waals surface area contributed by atoms with Crippen LogP contribution in [0.25, 0.3) is 0 Å². The summed E-state index contributed by atoms with van der Waals surface area (Å²) in [6, 6.07) is -0.0634. The number of nitrogens with one attached hydrogen (secondary N) is 2. The fraction of sp³-hybridized carbons (Fsp3) is 0.727. The molecular formula is C11H20N2O2. The van der Waals surface area contributed by atoms with Gasteiger partial charge in [0.25, 0.3) is 0 Å². The predicted octanol–water partition coefficient (Wildman–Crippen LogP) is 1.17. The zero-order valence-corrected chi connectivity index (χ0v) is 9.20. The highest BCUT2D eigenvalue weighted by Crippen LogP contribution is 2.10. The summed E-state index contributed by atoms with van der Waals surface area (Å²) in [6.07, 6.45) is 7.91. The zero-order chi connectivity index (χ0) is 11.1. The van der Waals surface area contributed by atoms with Crippen molar-refractivity contribution in [1.82, 2.24) is 10.6 Å². The standard InChI is InChI=1S/C11H20N2O2/c1-2-9(8-14)12-11(15)13-10-6-4-3-5-7-10/h3-4,9-10,14H,2,5-8H2,1H3,(H2,12,13,15). The molecule has 0 saturated heterocycles. The second kappa shape index (κ2) is 6.45.